The zero-order chi connectivity index (χ0) is 21.9. The van der Waals surface area contributed by atoms with E-state index >= 15 is 0 Å². The van der Waals surface area contributed by atoms with Crippen LogP contribution in [0.1, 0.15) is 25.0 Å². The Kier molecular flexibility index (Phi) is 12.8. The maximum atomic E-state index is 5.49. The molecule has 182 valence electrons. The molecule has 0 saturated carbocycles. The third-order valence-electron chi connectivity index (χ3n) is 6.15. The van der Waals surface area contributed by atoms with Gasteiger partial charge in [-0.2, -0.15) is 0 Å². The van der Waals surface area contributed by atoms with Crippen molar-refractivity contribution in [1.29, 1.82) is 0 Å². The summed E-state index contributed by atoms with van der Waals surface area (Å²) in [5.74, 6) is 1.50. The van der Waals surface area contributed by atoms with Crippen LogP contribution in [0.15, 0.2) is 29.3 Å². The number of nitrogens with zero attached hydrogens (tertiary/aromatic N) is 4. The molecule has 2 aliphatic rings. The summed E-state index contributed by atoms with van der Waals surface area (Å²) in [6.07, 6.45) is 0. The van der Waals surface area contributed by atoms with Crippen LogP contribution in [-0.4, -0.2) is 99.8 Å². The van der Waals surface area contributed by atoms with Crippen LogP contribution in [0.3, 0.4) is 0 Å². The van der Waals surface area contributed by atoms with Crippen molar-refractivity contribution >= 4 is 29.9 Å². The summed E-state index contributed by atoms with van der Waals surface area (Å²) in [5, 5.41) is 6.97. The van der Waals surface area contributed by atoms with Gasteiger partial charge < -0.3 is 25.2 Å². The third kappa shape index (κ3) is 9.51. The first kappa shape index (κ1) is 27.3. The lowest BCUT2D eigenvalue weighted by atomic mass is 10.1. The van der Waals surface area contributed by atoms with E-state index in [1.54, 1.807) is 0 Å². The van der Waals surface area contributed by atoms with Crippen LogP contribution in [-0.2, 0) is 17.8 Å². The van der Waals surface area contributed by atoms with Gasteiger partial charge in [-0.25, -0.2) is 4.99 Å². The van der Waals surface area contributed by atoms with Crippen LogP contribution < -0.4 is 10.6 Å². The first-order chi connectivity index (χ1) is 15.1. The zero-order valence-corrected chi connectivity index (χ0v) is 22.5. The maximum Gasteiger partial charge on any atom is 0.191 e. The average molecular weight is 559 g/mol. The lowest BCUT2D eigenvalue weighted by Gasteiger charge is -2.34. The molecule has 1 aromatic carbocycles. The van der Waals surface area contributed by atoms with Crippen molar-refractivity contribution in [1.82, 2.24) is 25.3 Å². The highest BCUT2D eigenvalue weighted by Crippen LogP contribution is 2.14. The van der Waals surface area contributed by atoms with Crippen LogP contribution in [0.2, 0.25) is 0 Å². The lowest BCUT2D eigenvalue weighted by Crippen LogP contribution is -2.47. The highest BCUT2D eigenvalue weighted by molar-refractivity contribution is 14.0. The number of hydrogen-bond donors (Lipinski definition) is 2. The Morgan fingerprint density at radius 3 is 2.38 bits per heavy atom. The molecule has 1 unspecified atom stereocenters. The van der Waals surface area contributed by atoms with Crippen LogP contribution in [0.25, 0.3) is 0 Å². The fourth-order valence-electron chi connectivity index (χ4n) is 4.18. The van der Waals surface area contributed by atoms with E-state index in [1.165, 1.54) is 37.3 Å². The molecule has 0 aromatic heterocycles. The molecule has 2 saturated heterocycles. The fourth-order valence-corrected chi connectivity index (χ4v) is 4.18. The second-order valence-electron chi connectivity index (χ2n) is 8.94. The van der Waals surface area contributed by atoms with E-state index in [9.17, 15) is 0 Å². The van der Waals surface area contributed by atoms with Crippen molar-refractivity contribution in [2.24, 2.45) is 10.9 Å². The molecule has 0 radical (unpaired) electrons. The highest BCUT2D eigenvalue weighted by atomic mass is 127. The smallest absolute Gasteiger partial charge is 0.191 e. The van der Waals surface area contributed by atoms with Gasteiger partial charge in [-0.05, 0) is 31.0 Å². The van der Waals surface area contributed by atoms with Gasteiger partial charge in [0.15, 0.2) is 5.96 Å². The van der Waals surface area contributed by atoms with E-state index in [0.29, 0.717) is 12.5 Å². The topological polar surface area (TPSA) is 55.4 Å². The van der Waals surface area contributed by atoms with Gasteiger partial charge in [0.25, 0.3) is 0 Å². The zero-order valence-electron chi connectivity index (χ0n) is 20.2. The van der Waals surface area contributed by atoms with Gasteiger partial charge in [-0.15, -0.1) is 24.0 Å². The molecule has 2 fully saturated rings. The summed E-state index contributed by atoms with van der Waals surface area (Å²) in [6, 6.07) is 8.69. The standard InChI is InChI=1S/C24H42N6O.HI/c1-4-25-24(26-17-21(2)19-29-11-9-28(3)10-12-29)27-18-22-7-5-6-8-23(22)20-30-13-15-31-16-14-30;/h5-8,21H,4,9-20H2,1-3H3,(H2,25,26,27);1H. The predicted octanol–water partition coefficient (Wildman–Crippen LogP) is 2.08. The summed E-state index contributed by atoms with van der Waals surface area (Å²) in [7, 11) is 2.21. The van der Waals surface area contributed by atoms with E-state index in [4.69, 9.17) is 9.73 Å². The molecular weight excluding hydrogens is 515 g/mol. The molecule has 0 bridgehead atoms. The molecule has 3 rings (SSSR count). The van der Waals surface area contributed by atoms with Crippen molar-refractivity contribution in [3.63, 3.8) is 0 Å². The molecule has 1 aromatic rings. The second-order valence-corrected chi connectivity index (χ2v) is 8.94. The number of halogens is 1. The minimum atomic E-state index is 0. The van der Waals surface area contributed by atoms with Gasteiger partial charge in [0.05, 0.1) is 19.8 Å². The van der Waals surface area contributed by atoms with Crippen molar-refractivity contribution in [3.05, 3.63) is 35.4 Å². The number of benzene rings is 1. The Morgan fingerprint density at radius 2 is 1.69 bits per heavy atom. The number of morpholine rings is 1. The number of ether oxygens (including phenoxy) is 1. The first-order valence-corrected chi connectivity index (χ1v) is 11.9. The van der Waals surface area contributed by atoms with Gasteiger partial charge in [0, 0.05) is 65.4 Å². The van der Waals surface area contributed by atoms with Crippen LogP contribution in [0.5, 0.6) is 0 Å². The Morgan fingerprint density at radius 1 is 1.00 bits per heavy atom. The van der Waals surface area contributed by atoms with Gasteiger partial charge in [0.2, 0.25) is 0 Å². The summed E-state index contributed by atoms with van der Waals surface area (Å²) < 4.78 is 5.49. The minimum absolute atomic E-state index is 0. The van der Waals surface area contributed by atoms with Crippen molar-refractivity contribution in [2.45, 2.75) is 26.9 Å². The van der Waals surface area contributed by atoms with Gasteiger partial charge >= 0.3 is 0 Å². The summed E-state index contributed by atoms with van der Waals surface area (Å²) in [6.45, 7) is 17.5. The number of nitrogens with one attached hydrogen (secondary N) is 2. The molecule has 32 heavy (non-hydrogen) atoms. The fraction of sp³-hybridized carbons (Fsp3) is 0.708. The van der Waals surface area contributed by atoms with E-state index in [-0.39, 0.29) is 24.0 Å². The molecule has 2 heterocycles. The van der Waals surface area contributed by atoms with E-state index < -0.39 is 0 Å². The third-order valence-corrected chi connectivity index (χ3v) is 6.15. The number of likely N-dealkylation sites (N-methyl/N-ethyl adjacent to an activating group) is 1. The normalized spacial score (nSPS) is 19.9. The van der Waals surface area contributed by atoms with Gasteiger partial charge in [0.1, 0.15) is 0 Å². The maximum absolute atomic E-state index is 5.49. The Hall–Kier alpha value is -0.940. The van der Waals surface area contributed by atoms with E-state index in [1.807, 2.05) is 0 Å². The quantitative estimate of drug-likeness (QED) is 0.275. The number of piperazine rings is 1. The van der Waals surface area contributed by atoms with Gasteiger partial charge in [-0.1, -0.05) is 31.2 Å². The molecule has 7 nitrogen and oxygen atoms in total. The van der Waals surface area contributed by atoms with Crippen molar-refractivity contribution in [3.8, 4) is 0 Å². The highest BCUT2D eigenvalue weighted by Gasteiger charge is 2.16. The molecule has 2 aliphatic heterocycles. The van der Waals surface area contributed by atoms with Crippen molar-refractivity contribution < 1.29 is 4.74 Å². The number of aliphatic imine (C=N–C) groups is 1. The molecule has 0 aliphatic carbocycles. The predicted molar refractivity (Wildman–Crippen MR) is 144 cm³/mol. The van der Waals surface area contributed by atoms with Crippen LogP contribution >= 0.6 is 24.0 Å². The Bertz CT molecular complexity index is 674. The van der Waals surface area contributed by atoms with Gasteiger partial charge in [-0.3, -0.25) is 4.90 Å². The van der Waals surface area contributed by atoms with Crippen LogP contribution in [0.4, 0.5) is 0 Å². The summed E-state index contributed by atoms with van der Waals surface area (Å²) in [4.78, 5) is 12.4. The molecule has 2 N–H and O–H groups in total. The monoisotopic (exact) mass is 558 g/mol. The lowest BCUT2D eigenvalue weighted by molar-refractivity contribution is 0.0341. The second kappa shape index (κ2) is 15.1. The molecule has 0 spiro atoms. The number of guanidine groups is 1. The first-order valence-electron chi connectivity index (χ1n) is 11.9. The molecular formula is C24H43IN6O. The summed E-state index contributed by atoms with van der Waals surface area (Å²) in [5.41, 5.74) is 2.67. The Labute approximate surface area is 212 Å². The number of hydrogen-bond acceptors (Lipinski definition) is 5. The van der Waals surface area contributed by atoms with E-state index in [2.05, 4.69) is 70.5 Å². The molecule has 1 atom stereocenters. The summed E-state index contributed by atoms with van der Waals surface area (Å²) >= 11 is 0. The molecule has 0 amide bonds. The molecule has 8 heteroatoms. The van der Waals surface area contributed by atoms with Crippen LogP contribution in [0, 0.1) is 5.92 Å². The average Bonchev–Trinajstić information content (AvgIpc) is 2.79. The number of rotatable bonds is 9. The largest absolute Gasteiger partial charge is 0.379 e. The SMILES string of the molecule is CCNC(=NCc1ccccc1CN1CCOCC1)NCC(C)CN1CCN(C)CC1.I. The minimum Gasteiger partial charge on any atom is -0.379 e. The van der Waals surface area contributed by atoms with E-state index in [0.717, 1.165) is 58.4 Å². The van der Waals surface area contributed by atoms with Crippen molar-refractivity contribution in [2.75, 3.05) is 79.2 Å². The Balaban J connectivity index is 0.00000363.